The van der Waals surface area contributed by atoms with E-state index in [0.717, 1.165) is 0 Å². The van der Waals surface area contributed by atoms with Gasteiger partial charge in [0.2, 0.25) is 0 Å². The van der Waals surface area contributed by atoms with Crippen LogP contribution >= 0.6 is 0 Å². The van der Waals surface area contributed by atoms with Crippen LogP contribution in [0.15, 0.2) is 0 Å². The zero-order valence-corrected chi connectivity index (χ0v) is 12.6. The van der Waals surface area contributed by atoms with Crippen molar-refractivity contribution in [3.8, 4) is 0 Å². The molecule has 0 N–H and O–H groups in total. The van der Waals surface area contributed by atoms with Crippen LogP contribution in [0.1, 0.15) is 40.0 Å². The summed E-state index contributed by atoms with van der Waals surface area (Å²) in [7, 11) is 1.29. The van der Waals surface area contributed by atoms with E-state index >= 15 is 0 Å². The van der Waals surface area contributed by atoms with Gasteiger partial charge in [-0.25, -0.2) is 4.79 Å². The van der Waals surface area contributed by atoms with Gasteiger partial charge in [-0.3, -0.25) is 4.79 Å². The number of piperidine rings is 1. The Morgan fingerprint density at radius 2 is 2.00 bits per heavy atom. The fourth-order valence-electron chi connectivity index (χ4n) is 2.41. The van der Waals surface area contributed by atoms with Gasteiger partial charge in [-0.1, -0.05) is 0 Å². The van der Waals surface area contributed by atoms with Gasteiger partial charge in [0.05, 0.1) is 12.5 Å². The van der Waals surface area contributed by atoms with E-state index in [1.54, 1.807) is 20.8 Å². The van der Waals surface area contributed by atoms with Crippen LogP contribution < -0.4 is 0 Å². The molecule has 0 radical (unpaired) electrons. The molecule has 1 aliphatic rings. The normalized spacial score (nSPS) is 23.1. The molecule has 1 heterocycles. The number of rotatable bonds is 3. The molecule has 0 aromatic rings. The average Bonchev–Trinajstić information content (AvgIpc) is 2.36. The second kappa shape index (κ2) is 6.24. The zero-order valence-electron chi connectivity index (χ0n) is 12.6. The monoisotopic (exact) mass is 285 g/mol. The molecule has 114 valence electrons. The first-order valence-electron chi connectivity index (χ1n) is 6.74. The van der Waals surface area contributed by atoms with Crippen LogP contribution in [0.5, 0.6) is 0 Å². The standard InChI is InChI=1S/C14H23NO5/c1-13(2,3)20-12(18)15-8-5-6-14(10-15,7-9-16)11(17)19-4/h9H,5-8,10H2,1-4H3. The summed E-state index contributed by atoms with van der Waals surface area (Å²) in [6, 6.07) is 0. The summed E-state index contributed by atoms with van der Waals surface area (Å²) in [6.07, 6.45) is 1.48. The number of ether oxygens (including phenoxy) is 2. The van der Waals surface area contributed by atoms with E-state index in [4.69, 9.17) is 9.47 Å². The van der Waals surface area contributed by atoms with Crippen LogP contribution in [-0.4, -0.2) is 49.0 Å². The first-order chi connectivity index (χ1) is 9.24. The molecule has 0 saturated carbocycles. The number of nitrogens with zero attached hydrogens (tertiary/aromatic N) is 1. The van der Waals surface area contributed by atoms with Gasteiger partial charge in [0, 0.05) is 19.5 Å². The van der Waals surface area contributed by atoms with Crippen molar-refractivity contribution in [2.24, 2.45) is 5.41 Å². The first kappa shape index (κ1) is 16.5. The Balaban J connectivity index is 2.85. The van der Waals surface area contributed by atoms with Gasteiger partial charge in [-0.2, -0.15) is 0 Å². The minimum absolute atomic E-state index is 0.0545. The number of carbonyl (C=O) groups is 3. The van der Waals surface area contributed by atoms with Crippen LogP contribution in [0, 0.1) is 5.41 Å². The molecular formula is C14H23NO5. The molecule has 1 rings (SSSR count). The largest absolute Gasteiger partial charge is 0.469 e. The highest BCUT2D eigenvalue weighted by Crippen LogP contribution is 2.34. The number of amides is 1. The van der Waals surface area contributed by atoms with Gasteiger partial charge >= 0.3 is 12.1 Å². The first-order valence-corrected chi connectivity index (χ1v) is 6.74. The van der Waals surface area contributed by atoms with E-state index in [0.29, 0.717) is 25.7 Å². The third-order valence-corrected chi connectivity index (χ3v) is 3.32. The lowest BCUT2D eigenvalue weighted by Gasteiger charge is -2.40. The quantitative estimate of drug-likeness (QED) is 0.583. The summed E-state index contributed by atoms with van der Waals surface area (Å²) in [6.45, 7) is 6.04. The summed E-state index contributed by atoms with van der Waals surface area (Å²) in [5.74, 6) is -0.446. The van der Waals surface area contributed by atoms with E-state index in [2.05, 4.69) is 0 Å². The maximum absolute atomic E-state index is 12.1. The van der Waals surface area contributed by atoms with Crippen molar-refractivity contribution in [1.82, 2.24) is 4.90 Å². The van der Waals surface area contributed by atoms with Gasteiger partial charge in [-0.15, -0.1) is 0 Å². The Kier molecular flexibility index (Phi) is 5.14. The van der Waals surface area contributed by atoms with Crippen molar-refractivity contribution in [3.63, 3.8) is 0 Å². The maximum atomic E-state index is 12.1. The highest BCUT2D eigenvalue weighted by molar-refractivity contribution is 5.81. The average molecular weight is 285 g/mol. The van der Waals surface area contributed by atoms with Crippen molar-refractivity contribution < 1.29 is 23.9 Å². The molecule has 1 unspecified atom stereocenters. The van der Waals surface area contributed by atoms with E-state index in [9.17, 15) is 14.4 Å². The number of esters is 1. The smallest absolute Gasteiger partial charge is 0.410 e. The molecule has 1 saturated heterocycles. The van der Waals surface area contributed by atoms with E-state index in [1.165, 1.54) is 12.0 Å². The molecule has 1 atom stereocenters. The zero-order chi connectivity index (χ0) is 15.4. The van der Waals surface area contributed by atoms with Crippen molar-refractivity contribution in [3.05, 3.63) is 0 Å². The summed E-state index contributed by atoms with van der Waals surface area (Å²) < 4.78 is 10.1. The van der Waals surface area contributed by atoms with Crippen LogP contribution in [0.25, 0.3) is 0 Å². The molecule has 0 spiro atoms. The lowest BCUT2D eigenvalue weighted by molar-refractivity contribution is -0.157. The Morgan fingerprint density at radius 3 is 2.50 bits per heavy atom. The SMILES string of the molecule is COC(=O)C1(CC=O)CCCN(C(=O)OC(C)(C)C)C1. The second-order valence-electron chi connectivity index (χ2n) is 6.15. The third-order valence-electron chi connectivity index (χ3n) is 3.32. The molecule has 0 aliphatic carbocycles. The van der Waals surface area contributed by atoms with Crippen molar-refractivity contribution in [2.75, 3.05) is 20.2 Å². The lowest BCUT2D eigenvalue weighted by Crippen LogP contribution is -2.51. The summed E-state index contributed by atoms with van der Waals surface area (Å²) >= 11 is 0. The molecule has 1 fully saturated rings. The predicted molar refractivity (Wildman–Crippen MR) is 72.2 cm³/mol. The molecular weight excluding hydrogens is 262 g/mol. The van der Waals surface area contributed by atoms with E-state index < -0.39 is 23.1 Å². The predicted octanol–water partition coefficient (Wildman–Crippen LogP) is 1.77. The number of methoxy groups -OCH3 is 1. The minimum atomic E-state index is -0.939. The van der Waals surface area contributed by atoms with Crippen LogP contribution in [0.2, 0.25) is 0 Å². The lowest BCUT2D eigenvalue weighted by atomic mass is 9.77. The Bertz CT molecular complexity index is 388. The van der Waals surface area contributed by atoms with Crippen LogP contribution in [-0.2, 0) is 19.1 Å². The molecule has 1 amide bonds. The van der Waals surface area contributed by atoms with Crippen molar-refractivity contribution in [1.29, 1.82) is 0 Å². The van der Waals surface area contributed by atoms with E-state index in [-0.39, 0.29) is 13.0 Å². The molecule has 0 aromatic heterocycles. The topological polar surface area (TPSA) is 72.9 Å². The molecule has 0 bridgehead atoms. The Labute approximate surface area is 119 Å². The van der Waals surface area contributed by atoms with Crippen molar-refractivity contribution >= 4 is 18.3 Å². The van der Waals surface area contributed by atoms with E-state index in [1.807, 2.05) is 0 Å². The number of aldehydes is 1. The summed E-state index contributed by atoms with van der Waals surface area (Å²) in [5, 5.41) is 0. The number of hydrogen-bond acceptors (Lipinski definition) is 5. The van der Waals surface area contributed by atoms with Crippen molar-refractivity contribution in [2.45, 2.75) is 45.6 Å². The maximum Gasteiger partial charge on any atom is 0.410 e. The summed E-state index contributed by atoms with van der Waals surface area (Å²) in [4.78, 5) is 36.4. The molecule has 20 heavy (non-hydrogen) atoms. The fraction of sp³-hybridized carbons (Fsp3) is 0.786. The molecule has 0 aromatic carbocycles. The van der Waals surface area contributed by atoms with Crippen LogP contribution in [0.4, 0.5) is 4.79 Å². The van der Waals surface area contributed by atoms with Crippen LogP contribution in [0.3, 0.4) is 0 Å². The second-order valence-corrected chi connectivity index (χ2v) is 6.15. The van der Waals surface area contributed by atoms with Gasteiger partial charge in [-0.05, 0) is 33.6 Å². The molecule has 1 aliphatic heterocycles. The Morgan fingerprint density at radius 1 is 1.35 bits per heavy atom. The van der Waals surface area contributed by atoms with Gasteiger partial charge in [0.25, 0.3) is 0 Å². The highest BCUT2D eigenvalue weighted by Gasteiger charge is 2.45. The summed E-state index contributed by atoms with van der Waals surface area (Å²) in [5.41, 5.74) is -1.53. The fourth-order valence-corrected chi connectivity index (χ4v) is 2.41. The molecule has 6 heteroatoms. The van der Waals surface area contributed by atoms with Gasteiger partial charge < -0.3 is 19.2 Å². The number of likely N-dealkylation sites (tertiary alicyclic amines) is 1. The number of carbonyl (C=O) groups excluding carboxylic acids is 3. The molecule has 6 nitrogen and oxygen atoms in total. The minimum Gasteiger partial charge on any atom is -0.469 e. The van der Waals surface area contributed by atoms with Gasteiger partial charge in [0.1, 0.15) is 11.9 Å². The third kappa shape index (κ3) is 3.95. The number of hydrogen-bond donors (Lipinski definition) is 0. The van der Waals surface area contributed by atoms with Gasteiger partial charge in [0.15, 0.2) is 0 Å². The highest BCUT2D eigenvalue weighted by atomic mass is 16.6. The Hall–Kier alpha value is -1.59.